The van der Waals surface area contributed by atoms with E-state index in [0.29, 0.717) is 12.1 Å². The zero-order chi connectivity index (χ0) is 12.4. The van der Waals surface area contributed by atoms with Crippen molar-refractivity contribution in [3.05, 3.63) is 21.3 Å². The molecule has 1 aromatic rings. The number of thiophene rings is 1. The van der Waals surface area contributed by atoms with Gasteiger partial charge in [-0.3, -0.25) is 4.90 Å². The van der Waals surface area contributed by atoms with Crippen LogP contribution < -0.4 is 5.73 Å². The van der Waals surface area contributed by atoms with Gasteiger partial charge in [0.1, 0.15) is 0 Å². The molecular weight excluding hydrogens is 272 g/mol. The zero-order valence-electron chi connectivity index (χ0n) is 10.2. The summed E-state index contributed by atoms with van der Waals surface area (Å²) in [5, 5.41) is 0. The molecule has 0 aliphatic carbocycles. The molecule has 1 aliphatic heterocycles. The number of hydrogen-bond donors (Lipinski definition) is 1. The summed E-state index contributed by atoms with van der Waals surface area (Å²) >= 11 is 9.73. The molecule has 2 rings (SSSR count). The number of nitrogens with zero attached hydrogens (tertiary/aromatic N) is 1. The van der Waals surface area contributed by atoms with Gasteiger partial charge in [-0.1, -0.05) is 11.6 Å². The summed E-state index contributed by atoms with van der Waals surface area (Å²) in [6, 6.07) is 5.12. The van der Waals surface area contributed by atoms with Crippen molar-refractivity contribution in [2.45, 2.75) is 32.0 Å². The second-order valence-corrected chi connectivity index (χ2v) is 7.50. The maximum Gasteiger partial charge on any atom is 0.0931 e. The predicted octanol–water partition coefficient (Wildman–Crippen LogP) is 3.23. The lowest BCUT2D eigenvalue weighted by atomic mass is 10.1. The van der Waals surface area contributed by atoms with Gasteiger partial charge in [0.25, 0.3) is 0 Å². The number of halogens is 1. The quantitative estimate of drug-likeness (QED) is 0.927. The van der Waals surface area contributed by atoms with Crippen LogP contribution in [-0.4, -0.2) is 35.0 Å². The Morgan fingerprint density at radius 2 is 2.29 bits per heavy atom. The number of hydrogen-bond acceptors (Lipinski definition) is 4. The van der Waals surface area contributed by atoms with E-state index < -0.39 is 0 Å². The van der Waals surface area contributed by atoms with Gasteiger partial charge < -0.3 is 5.73 Å². The Morgan fingerprint density at radius 1 is 1.53 bits per heavy atom. The molecule has 0 bridgehead atoms. The van der Waals surface area contributed by atoms with E-state index in [1.807, 2.05) is 17.8 Å². The largest absolute Gasteiger partial charge is 0.326 e. The van der Waals surface area contributed by atoms with Crippen LogP contribution in [0.2, 0.25) is 4.34 Å². The third-order valence-corrected chi connectivity index (χ3v) is 5.65. The standard InChI is InChI=1S/C12H19ClN2S2/c1-8-7-16-6-5-15(8)12(9(2)14)10-3-4-11(13)17-10/h3-4,8-9,12H,5-7,14H2,1-2H3. The molecule has 1 aliphatic rings. The maximum atomic E-state index is 6.19. The second-order valence-electron chi connectivity index (χ2n) is 4.61. The van der Waals surface area contributed by atoms with E-state index in [2.05, 4.69) is 24.8 Å². The molecule has 1 fully saturated rings. The fraction of sp³-hybridized carbons (Fsp3) is 0.667. The topological polar surface area (TPSA) is 29.3 Å². The van der Waals surface area contributed by atoms with E-state index in [9.17, 15) is 0 Å². The van der Waals surface area contributed by atoms with Crippen molar-refractivity contribution in [2.75, 3.05) is 18.1 Å². The van der Waals surface area contributed by atoms with E-state index in [0.717, 1.165) is 10.9 Å². The number of thioether (sulfide) groups is 1. The first kappa shape index (κ1) is 13.7. The number of nitrogens with two attached hydrogens (primary N) is 1. The molecule has 3 unspecified atom stereocenters. The number of rotatable bonds is 3. The van der Waals surface area contributed by atoms with Crippen molar-refractivity contribution in [1.29, 1.82) is 0 Å². The van der Waals surface area contributed by atoms with Gasteiger partial charge in [-0.05, 0) is 26.0 Å². The highest BCUT2D eigenvalue weighted by atomic mass is 35.5. The molecule has 17 heavy (non-hydrogen) atoms. The van der Waals surface area contributed by atoms with Gasteiger partial charge in [0.15, 0.2) is 0 Å². The molecule has 3 atom stereocenters. The Kier molecular flexibility index (Phi) is 4.78. The SMILES string of the molecule is CC(N)C(c1ccc(Cl)s1)N1CCSCC1C. The van der Waals surface area contributed by atoms with Gasteiger partial charge in [0.05, 0.1) is 10.4 Å². The van der Waals surface area contributed by atoms with E-state index in [-0.39, 0.29) is 6.04 Å². The molecule has 1 saturated heterocycles. The molecule has 2 N–H and O–H groups in total. The van der Waals surface area contributed by atoms with Crippen molar-refractivity contribution < 1.29 is 0 Å². The van der Waals surface area contributed by atoms with Crippen LogP contribution in [0.5, 0.6) is 0 Å². The van der Waals surface area contributed by atoms with Crippen LogP contribution in [0.25, 0.3) is 0 Å². The molecule has 2 nitrogen and oxygen atoms in total. The first-order valence-electron chi connectivity index (χ1n) is 5.94. The fourth-order valence-electron chi connectivity index (χ4n) is 2.37. The van der Waals surface area contributed by atoms with Crippen molar-refractivity contribution in [3.8, 4) is 0 Å². The minimum atomic E-state index is 0.135. The Bertz CT molecular complexity index is 367. The highest BCUT2D eigenvalue weighted by Crippen LogP contribution is 2.35. The van der Waals surface area contributed by atoms with Crippen molar-refractivity contribution in [2.24, 2.45) is 5.73 Å². The molecule has 0 aromatic carbocycles. The normalized spacial score (nSPS) is 25.8. The first-order valence-corrected chi connectivity index (χ1v) is 8.29. The van der Waals surface area contributed by atoms with Gasteiger partial charge in [-0.2, -0.15) is 11.8 Å². The maximum absolute atomic E-state index is 6.19. The summed E-state index contributed by atoms with van der Waals surface area (Å²) in [7, 11) is 0. The molecule has 1 aromatic heterocycles. The smallest absolute Gasteiger partial charge is 0.0931 e. The van der Waals surface area contributed by atoms with Crippen molar-refractivity contribution >= 4 is 34.7 Å². The van der Waals surface area contributed by atoms with Gasteiger partial charge >= 0.3 is 0 Å². The summed E-state index contributed by atoms with van der Waals surface area (Å²) < 4.78 is 0.852. The summed E-state index contributed by atoms with van der Waals surface area (Å²) in [6.07, 6.45) is 0. The summed E-state index contributed by atoms with van der Waals surface area (Å²) in [4.78, 5) is 3.83. The summed E-state index contributed by atoms with van der Waals surface area (Å²) in [6.45, 7) is 5.50. The molecular formula is C12H19ClN2S2. The van der Waals surface area contributed by atoms with Crippen molar-refractivity contribution in [1.82, 2.24) is 4.90 Å². The van der Waals surface area contributed by atoms with Crippen LogP contribution in [-0.2, 0) is 0 Å². The summed E-state index contributed by atoms with van der Waals surface area (Å²) in [5.74, 6) is 2.40. The zero-order valence-corrected chi connectivity index (χ0v) is 12.6. The Morgan fingerprint density at radius 3 is 2.82 bits per heavy atom. The molecule has 5 heteroatoms. The molecule has 0 spiro atoms. The third-order valence-electron chi connectivity index (χ3n) is 3.16. The lowest BCUT2D eigenvalue weighted by Crippen LogP contribution is -2.48. The van der Waals surface area contributed by atoms with E-state index in [1.54, 1.807) is 11.3 Å². The average molecular weight is 291 g/mol. The predicted molar refractivity (Wildman–Crippen MR) is 79.2 cm³/mol. The van der Waals surface area contributed by atoms with Gasteiger partial charge in [-0.25, -0.2) is 0 Å². The van der Waals surface area contributed by atoms with Crippen LogP contribution >= 0.6 is 34.7 Å². The molecule has 2 heterocycles. The monoisotopic (exact) mass is 290 g/mol. The molecule has 96 valence electrons. The van der Waals surface area contributed by atoms with Crippen molar-refractivity contribution in [3.63, 3.8) is 0 Å². The average Bonchev–Trinajstić information content (AvgIpc) is 2.68. The van der Waals surface area contributed by atoms with E-state index >= 15 is 0 Å². The lowest BCUT2D eigenvalue weighted by Gasteiger charge is -2.40. The highest BCUT2D eigenvalue weighted by Gasteiger charge is 2.30. The Balaban J connectivity index is 2.22. The second kappa shape index (κ2) is 5.93. The molecule has 0 saturated carbocycles. The van der Waals surface area contributed by atoms with Gasteiger partial charge in [0.2, 0.25) is 0 Å². The van der Waals surface area contributed by atoms with Crippen LogP contribution in [0.3, 0.4) is 0 Å². The van der Waals surface area contributed by atoms with Crippen LogP contribution in [0.1, 0.15) is 24.8 Å². The van der Waals surface area contributed by atoms with E-state index in [1.165, 1.54) is 16.4 Å². The first-order chi connectivity index (χ1) is 8.09. The Hall–Kier alpha value is 0.260. The third kappa shape index (κ3) is 3.18. The highest BCUT2D eigenvalue weighted by molar-refractivity contribution is 7.99. The van der Waals surface area contributed by atoms with Gasteiger partial charge in [0, 0.05) is 35.0 Å². The minimum Gasteiger partial charge on any atom is -0.326 e. The minimum absolute atomic E-state index is 0.135. The fourth-order valence-corrected chi connectivity index (χ4v) is 4.70. The summed E-state index contributed by atoms with van der Waals surface area (Å²) in [5.41, 5.74) is 6.19. The molecule has 0 radical (unpaired) electrons. The van der Waals surface area contributed by atoms with E-state index in [4.69, 9.17) is 17.3 Å². The molecule has 0 amide bonds. The van der Waals surface area contributed by atoms with Crippen LogP contribution in [0.4, 0.5) is 0 Å². The van der Waals surface area contributed by atoms with Crippen LogP contribution in [0, 0.1) is 0 Å². The van der Waals surface area contributed by atoms with Gasteiger partial charge in [-0.15, -0.1) is 11.3 Å². The lowest BCUT2D eigenvalue weighted by molar-refractivity contribution is 0.146. The van der Waals surface area contributed by atoms with Crippen LogP contribution in [0.15, 0.2) is 12.1 Å². The Labute approximate surface area is 117 Å².